The monoisotopic (exact) mass is 226 g/mol. The van der Waals surface area contributed by atoms with Gasteiger partial charge in [0.25, 0.3) is 0 Å². The summed E-state index contributed by atoms with van der Waals surface area (Å²) < 4.78 is 26.0. The predicted octanol–water partition coefficient (Wildman–Crippen LogP) is 2.06. The van der Waals surface area contributed by atoms with Crippen molar-refractivity contribution in [3.8, 4) is 0 Å². The number of hydrogen-bond donors (Lipinski definition) is 1. The molecule has 0 aliphatic carbocycles. The Balaban J connectivity index is 2.22. The molecule has 1 fully saturated rings. The van der Waals surface area contributed by atoms with E-state index in [0.29, 0.717) is 6.54 Å². The van der Waals surface area contributed by atoms with E-state index in [1.165, 1.54) is 12.1 Å². The van der Waals surface area contributed by atoms with Crippen molar-refractivity contribution in [2.75, 3.05) is 19.6 Å². The summed E-state index contributed by atoms with van der Waals surface area (Å²) in [6, 6.07) is 4.06. The summed E-state index contributed by atoms with van der Waals surface area (Å²) in [5.41, 5.74) is 6.48. The molecule has 2 N–H and O–H groups in total. The first-order chi connectivity index (χ1) is 7.72. The first-order valence-corrected chi connectivity index (χ1v) is 5.61. The molecule has 0 aromatic heterocycles. The summed E-state index contributed by atoms with van der Waals surface area (Å²) >= 11 is 0. The summed E-state index contributed by atoms with van der Waals surface area (Å²) in [6.45, 7) is 2.41. The Morgan fingerprint density at radius 1 is 1.19 bits per heavy atom. The molecule has 88 valence electrons. The summed E-state index contributed by atoms with van der Waals surface area (Å²) in [7, 11) is 0. The van der Waals surface area contributed by atoms with Crippen LogP contribution in [0.4, 0.5) is 8.78 Å². The van der Waals surface area contributed by atoms with Crippen molar-refractivity contribution >= 4 is 0 Å². The lowest BCUT2D eigenvalue weighted by molar-refractivity contribution is 0.250. The second-order valence-electron chi connectivity index (χ2n) is 4.17. The molecule has 1 unspecified atom stereocenters. The Kier molecular flexibility index (Phi) is 3.51. The van der Waals surface area contributed by atoms with Crippen LogP contribution in [0.25, 0.3) is 0 Å². The second-order valence-corrected chi connectivity index (χ2v) is 4.17. The molecule has 1 aliphatic heterocycles. The van der Waals surface area contributed by atoms with Gasteiger partial charge in [-0.05, 0) is 43.6 Å². The molecule has 0 amide bonds. The molecule has 0 radical (unpaired) electrons. The van der Waals surface area contributed by atoms with Crippen LogP contribution >= 0.6 is 0 Å². The van der Waals surface area contributed by atoms with E-state index in [4.69, 9.17) is 5.73 Å². The number of hydrogen-bond acceptors (Lipinski definition) is 2. The van der Waals surface area contributed by atoms with E-state index in [1.807, 2.05) is 0 Å². The van der Waals surface area contributed by atoms with Crippen molar-refractivity contribution in [3.05, 3.63) is 35.4 Å². The van der Waals surface area contributed by atoms with Crippen molar-refractivity contribution in [2.45, 2.75) is 18.9 Å². The van der Waals surface area contributed by atoms with Crippen LogP contribution in [0.2, 0.25) is 0 Å². The standard InChI is InChI=1S/C12H16F2N2/c13-10-4-3-9(7-11(10)14)12(8-15)16-5-1-2-6-16/h3-4,7,12H,1-2,5-6,8,15H2. The van der Waals surface area contributed by atoms with Crippen molar-refractivity contribution in [2.24, 2.45) is 5.73 Å². The lowest BCUT2D eigenvalue weighted by Gasteiger charge is -2.26. The van der Waals surface area contributed by atoms with Gasteiger partial charge in [0.1, 0.15) is 0 Å². The highest BCUT2D eigenvalue weighted by molar-refractivity contribution is 5.22. The van der Waals surface area contributed by atoms with Gasteiger partial charge in [0.05, 0.1) is 0 Å². The van der Waals surface area contributed by atoms with Crippen LogP contribution in [0.3, 0.4) is 0 Å². The second kappa shape index (κ2) is 4.89. The Morgan fingerprint density at radius 3 is 2.44 bits per heavy atom. The number of halogens is 2. The fourth-order valence-corrected chi connectivity index (χ4v) is 2.27. The fraction of sp³-hybridized carbons (Fsp3) is 0.500. The quantitative estimate of drug-likeness (QED) is 0.854. The lowest BCUT2D eigenvalue weighted by atomic mass is 10.1. The molecule has 2 rings (SSSR count). The van der Waals surface area contributed by atoms with E-state index in [-0.39, 0.29) is 6.04 Å². The van der Waals surface area contributed by atoms with Crippen LogP contribution in [-0.2, 0) is 0 Å². The Morgan fingerprint density at radius 2 is 1.88 bits per heavy atom. The Labute approximate surface area is 94.0 Å². The fourth-order valence-electron chi connectivity index (χ4n) is 2.27. The molecule has 2 nitrogen and oxygen atoms in total. The molecule has 1 aromatic rings. The van der Waals surface area contributed by atoms with Crippen LogP contribution < -0.4 is 5.73 Å². The molecule has 16 heavy (non-hydrogen) atoms. The van der Waals surface area contributed by atoms with E-state index >= 15 is 0 Å². The zero-order valence-corrected chi connectivity index (χ0v) is 9.13. The van der Waals surface area contributed by atoms with Gasteiger partial charge in [-0.1, -0.05) is 6.07 Å². The van der Waals surface area contributed by atoms with Gasteiger partial charge in [-0.15, -0.1) is 0 Å². The molecule has 1 aliphatic rings. The normalized spacial score (nSPS) is 18.9. The third-order valence-corrected chi connectivity index (χ3v) is 3.13. The van der Waals surface area contributed by atoms with Crippen molar-refractivity contribution in [3.63, 3.8) is 0 Å². The van der Waals surface area contributed by atoms with Crippen LogP contribution in [0.15, 0.2) is 18.2 Å². The third kappa shape index (κ3) is 2.23. The summed E-state index contributed by atoms with van der Waals surface area (Å²) in [5.74, 6) is -1.60. The maximum atomic E-state index is 13.1. The van der Waals surface area contributed by atoms with Crippen molar-refractivity contribution < 1.29 is 8.78 Å². The number of nitrogens with two attached hydrogens (primary N) is 1. The van der Waals surface area contributed by atoms with E-state index in [1.54, 1.807) is 6.07 Å². The lowest BCUT2D eigenvalue weighted by Crippen LogP contribution is -2.31. The van der Waals surface area contributed by atoms with Gasteiger partial charge in [-0.2, -0.15) is 0 Å². The molecule has 4 heteroatoms. The topological polar surface area (TPSA) is 29.3 Å². The van der Waals surface area contributed by atoms with Crippen LogP contribution in [0.5, 0.6) is 0 Å². The van der Waals surface area contributed by atoms with Crippen LogP contribution in [0.1, 0.15) is 24.4 Å². The summed E-state index contributed by atoms with van der Waals surface area (Å²) in [4.78, 5) is 2.23. The third-order valence-electron chi connectivity index (χ3n) is 3.13. The number of nitrogens with zero attached hydrogens (tertiary/aromatic N) is 1. The molecule has 0 bridgehead atoms. The highest BCUT2D eigenvalue weighted by atomic mass is 19.2. The molecular weight excluding hydrogens is 210 g/mol. The molecule has 1 heterocycles. The van der Waals surface area contributed by atoms with E-state index in [0.717, 1.165) is 31.5 Å². The molecular formula is C12H16F2N2. The number of rotatable bonds is 3. The zero-order valence-electron chi connectivity index (χ0n) is 9.13. The van der Waals surface area contributed by atoms with Crippen molar-refractivity contribution in [1.82, 2.24) is 4.90 Å². The zero-order chi connectivity index (χ0) is 11.5. The first-order valence-electron chi connectivity index (χ1n) is 5.61. The van der Waals surface area contributed by atoms with E-state index < -0.39 is 11.6 Å². The Bertz CT molecular complexity index is 362. The molecule has 0 spiro atoms. The number of likely N-dealkylation sites (tertiary alicyclic amines) is 1. The minimum atomic E-state index is -0.805. The average molecular weight is 226 g/mol. The maximum Gasteiger partial charge on any atom is 0.159 e. The molecule has 1 atom stereocenters. The largest absolute Gasteiger partial charge is 0.329 e. The molecule has 1 aromatic carbocycles. The van der Waals surface area contributed by atoms with Gasteiger partial charge in [0.2, 0.25) is 0 Å². The van der Waals surface area contributed by atoms with Gasteiger partial charge in [-0.3, -0.25) is 4.90 Å². The van der Waals surface area contributed by atoms with Gasteiger partial charge in [0.15, 0.2) is 11.6 Å². The highest BCUT2D eigenvalue weighted by Crippen LogP contribution is 2.25. The van der Waals surface area contributed by atoms with Crippen molar-refractivity contribution in [1.29, 1.82) is 0 Å². The van der Waals surface area contributed by atoms with E-state index in [2.05, 4.69) is 4.90 Å². The smallest absolute Gasteiger partial charge is 0.159 e. The van der Waals surface area contributed by atoms with Crippen LogP contribution in [-0.4, -0.2) is 24.5 Å². The molecule has 1 saturated heterocycles. The molecule has 0 saturated carbocycles. The highest BCUT2D eigenvalue weighted by Gasteiger charge is 2.22. The van der Waals surface area contributed by atoms with Gasteiger partial charge in [0, 0.05) is 12.6 Å². The first kappa shape index (κ1) is 11.5. The van der Waals surface area contributed by atoms with Gasteiger partial charge < -0.3 is 5.73 Å². The maximum absolute atomic E-state index is 13.1. The van der Waals surface area contributed by atoms with E-state index in [9.17, 15) is 8.78 Å². The number of benzene rings is 1. The Hall–Kier alpha value is -1.00. The van der Waals surface area contributed by atoms with Gasteiger partial charge >= 0.3 is 0 Å². The summed E-state index contributed by atoms with van der Waals surface area (Å²) in [6.07, 6.45) is 2.31. The summed E-state index contributed by atoms with van der Waals surface area (Å²) in [5, 5.41) is 0. The van der Waals surface area contributed by atoms with Crippen LogP contribution in [0, 0.1) is 11.6 Å². The average Bonchev–Trinajstić information content (AvgIpc) is 2.78. The minimum Gasteiger partial charge on any atom is -0.329 e. The van der Waals surface area contributed by atoms with Gasteiger partial charge in [-0.25, -0.2) is 8.78 Å². The minimum absolute atomic E-state index is 0.0117. The SMILES string of the molecule is NCC(c1ccc(F)c(F)c1)N1CCCC1. The predicted molar refractivity (Wildman–Crippen MR) is 59.0 cm³/mol.